The van der Waals surface area contributed by atoms with Crippen LogP contribution in [0.5, 0.6) is 11.5 Å². The molecule has 1 aliphatic heterocycles. The lowest BCUT2D eigenvalue weighted by Crippen LogP contribution is -2.33. The van der Waals surface area contributed by atoms with Gasteiger partial charge in [0.25, 0.3) is 0 Å². The highest BCUT2D eigenvalue weighted by Crippen LogP contribution is 2.46. The summed E-state index contributed by atoms with van der Waals surface area (Å²) in [6.45, 7) is 9.98. The van der Waals surface area contributed by atoms with E-state index in [0.717, 1.165) is 36.9 Å². The molecule has 2 aliphatic carbocycles. The van der Waals surface area contributed by atoms with E-state index in [2.05, 4.69) is 31.0 Å². The first-order valence-corrected chi connectivity index (χ1v) is 17.8. The number of carbonyl (C=O) groups is 1. The van der Waals surface area contributed by atoms with Gasteiger partial charge in [0, 0.05) is 50.3 Å². The number of ether oxygens (including phenoxy) is 3. The number of hydrogen-bond donors (Lipinski definition) is 1. The number of benzene rings is 3. The molecule has 1 saturated heterocycles. The maximum absolute atomic E-state index is 14.0. The van der Waals surface area contributed by atoms with Gasteiger partial charge in [-0.1, -0.05) is 70.7 Å². The Bertz CT molecular complexity index is 1550. The Morgan fingerprint density at radius 1 is 0.863 bits per heavy atom. The average molecular weight is 752 g/mol. The molecule has 0 radical (unpaired) electrons. The third kappa shape index (κ3) is 11.0. The van der Waals surface area contributed by atoms with Crippen LogP contribution in [0.1, 0.15) is 69.6 Å². The molecule has 0 amide bonds. The fraction of sp³-hybridized carbons (Fsp3) is 0.525. The number of carbonyl (C=O) groups excluding carboxylic acids is 1. The Balaban J connectivity index is 0.00000292. The molecule has 4 atom stereocenters. The van der Waals surface area contributed by atoms with E-state index in [9.17, 15) is 18.0 Å². The second-order valence-electron chi connectivity index (χ2n) is 15.0. The van der Waals surface area contributed by atoms with Crippen molar-refractivity contribution in [3.63, 3.8) is 0 Å². The number of hydrogen-bond acceptors (Lipinski definition) is 6. The summed E-state index contributed by atoms with van der Waals surface area (Å²) in [5, 5.41) is 3.56. The molecule has 0 spiro atoms. The first kappa shape index (κ1) is 40.8. The van der Waals surface area contributed by atoms with Gasteiger partial charge in [0.1, 0.15) is 23.9 Å². The minimum atomic E-state index is -1.16. The molecule has 11 heteroatoms. The van der Waals surface area contributed by atoms with E-state index in [1.54, 1.807) is 0 Å². The van der Waals surface area contributed by atoms with Crippen molar-refractivity contribution < 1.29 is 32.2 Å². The normalized spacial score (nSPS) is 20.5. The summed E-state index contributed by atoms with van der Waals surface area (Å²) in [7, 11) is 0. The minimum absolute atomic E-state index is 0. The molecule has 6 nitrogen and oxygen atoms in total. The number of likely N-dealkylation sites (tertiary alicyclic amines) is 1. The lowest BCUT2D eigenvalue weighted by Gasteiger charge is -2.21. The highest BCUT2D eigenvalue weighted by atomic mass is 35.5. The SMILES string of the molecule is CC(C)(C)c1ccc(O[C@@H](Cc2ccc(OCCNC3[C@H]4CN(Cc5cc(F)c(F)cc5F)C[C@@H]34)cc2)C(=O)OCCC2CCCC2)cc1.Cl.Cl. The zero-order valence-electron chi connectivity index (χ0n) is 29.7. The summed E-state index contributed by atoms with van der Waals surface area (Å²) >= 11 is 0. The number of rotatable bonds is 15. The Morgan fingerprint density at radius 2 is 1.49 bits per heavy atom. The third-order valence-corrected chi connectivity index (χ3v) is 10.4. The van der Waals surface area contributed by atoms with Gasteiger partial charge in [0.2, 0.25) is 0 Å². The van der Waals surface area contributed by atoms with Crippen LogP contribution >= 0.6 is 24.8 Å². The second-order valence-corrected chi connectivity index (χ2v) is 15.0. The molecule has 3 fully saturated rings. The van der Waals surface area contributed by atoms with E-state index >= 15 is 0 Å². The van der Waals surface area contributed by atoms with E-state index in [4.69, 9.17) is 14.2 Å². The number of nitrogens with zero attached hydrogens (tertiary/aromatic N) is 1. The van der Waals surface area contributed by atoms with Gasteiger partial charge in [-0.15, -0.1) is 24.8 Å². The Morgan fingerprint density at radius 3 is 2.14 bits per heavy atom. The maximum Gasteiger partial charge on any atom is 0.347 e. The highest BCUT2D eigenvalue weighted by molar-refractivity contribution is 5.85. The molecule has 0 aromatic heterocycles. The van der Waals surface area contributed by atoms with Crippen molar-refractivity contribution in [3.8, 4) is 11.5 Å². The first-order chi connectivity index (χ1) is 23.5. The molecular weight excluding hydrogens is 700 g/mol. The van der Waals surface area contributed by atoms with Crippen molar-refractivity contribution >= 4 is 30.8 Å². The molecule has 51 heavy (non-hydrogen) atoms. The molecule has 280 valence electrons. The van der Waals surface area contributed by atoms with Gasteiger partial charge >= 0.3 is 5.97 Å². The molecular formula is C40H51Cl2F3N2O4. The van der Waals surface area contributed by atoms with Gasteiger partial charge in [-0.2, -0.15) is 0 Å². The molecule has 0 bridgehead atoms. The lowest BCUT2D eigenvalue weighted by atomic mass is 9.87. The Hall–Kier alpha value is -2.98. The van der Waals surface area contributed by atoms with Crippen LogP contribution in [0.3, 0.4) is 0 Å². The molecule has 1 heterocycles. The number of fused-ring (bicyclic) bond motifs is 1. The quantitative estimate of drug-likeness (QED) is 0.0956. The van der Waals surface area contributed by atoms with Crippen LogP contribution in [0.25, 0.3) is 0 Å². The zero-order chi connectivity index (χ0) is 34.5. The van der Waals surface area contributed by atoms with Crippen LogP contribution in [0.2, 0.25) is 0 Å². The molecule has 3 aromatic carbocycles. The van der Waals surface area contributed by atoms with Crippen molar-refractivity contribution in [2.45, 2.75) is 83.4 Å². The van der Waals surface area contributed by atoms with Crippen LogP contribution in [-0.4, -0.2) is 55.9 Å². The monoisotopic (exact) mass is 750 g/mol. The maximum atomic E-state index is 14.0. The number of piperidine rings is 1. The summed E-state index contributed by atoms with van der Waals surface area (Å²) in [4.78, 5) is 15.3. The van der Waals surface area contributed by atoms with E-state index < -0.39 is 23.6 Å². The van der Waals surface area contributed by atoms with Crippen LogP contribution < -0.4 is 14.8 Å². The molecule has 1 N–H and O–H groups in total. The highest BCUT2D eigenvalue weighted by Gasteiger charge is 2.55. The largest absolute Gasteiger partial charge is 0.492 e. The minimum Gasteiger partial charge on any atom is -0.492 e. The third-order valence-electron chi connectivity index (χ3n) is 10.4. The van der Waals surface area contributed by atoms with Crippen LogP contribution in [0.15, 0.2) is 60.7 Å². The van der Waals surface area contributed by atoms with E-state index in [-0.39, 0.29) is 48.3 Å². The summed E-state index contributed by atoms with van der Waals surface area (Å²) in [6.07, 6.45) is 5.50. The molecule has 3 aromatic rings. The predicted molar refractivity (Wildman–Crippen MR) is 198 cm³/mol. The van der Waals surface area contributed by atoms with Crippen molar-refractivity contribution in [1.82, 2.24) is 10.2 Å². The van der Waals surface area contributed by atoms with E-state index in [1.807, 2.05) is 48.5 Å². The molecule has 2 saturated carbocycles. The van der Waals surface area contributed by atoms with Gasteiger partial charge in [-0.3, -0.25) is 4.90 Å². The number of halogens is 5. The van der Waals surface area contributed by atoms with Gasteiger partial charge < -0.3 is 19.5 Å². The zero-order valence-corrected chi connectivity index (χ0v) is 31.3. The van der Waals surface area contributed by atoms with Crippen molar-refractivity contribution in [3.05, 3.63) is 94.8 Å². The van der Waals surface area contributed by atoms with Crippen molar-refractivity contribution in [1.29, 1.82) is 0 Å². The predicted octanol–water partition coefficient (Wildman–Crippen LogP) is 8.46. The Kier molecular flexibility index (Phi) is 14.5. The Labute approximate surface area is 312 Å². The lowest BCUT2D eigenvalue weighted by molar-refractivity contribution is -0.152. The van der Waals surface area contributed by atoms with Crippen molar-refractivity contribution in [2.75, 3.05) is 32.8 Å². The van der Waals surface area contributed by atoms with Crippen molar-refractivity contribution in [2.24, 2.45) is 17.8 Å². The summed E-state index contributed by atoms with van der Waals surface area (Å²) in [6, 6.07) is 17.7. The smallest absolute Gasteiger partial charge is 0.347 e. The van der Waals surface area contributed by atoms with Gasteiger partial charge in [0.05, 0.1) is 6.61 Å². The summed E-state index contributed by atoms with van der Waals surface area (Å²) < 4.78 is 58.8. The fourth-order valence-corrected chi connectivity index (χ4v) is 7.39. The standard InChI is InChI=1S/C40H49F3N2O4.2ClH/c1-40(2,3)29-10-14-31(15-11-29)49-37(39(46)48-18-16-26-6-4-5-7-26)20-27-8-12-30(13-9-27)47-19-17-44-38-32-24-45(25-33(32)38)23-28-21-35(42)36(43)22-34(28)41;;/h8-15,21-22,26,32-33,37-38,44H,4-7,16-20,23-25H2,1-3H3;2*1H/t32-,33+,37-,38?;;/m0../s1. The van der Waals surface area contributed by atoms with Crippen LogP contribution in [0.4, 0.5) is 13.2 Å². The second kappa shape index (κ2) is 18.2. The topological polar surface area (TPSA) is 60.0 Å². The van der Waals surface area contributed by atoms with Gasteiger partial charge in [-0.05, 0) is 71.0 Å². The van der Waals surface area contributed by atoms with Crippen LogP contribution in [0, 0.1) is 35.2 Å². The summed E-state index contributed by atoms with van der Waals surface area (Å²) in [5.41, 5.74) is 2.36. The molecule has 1 unspecified atom stereocenters. The fourth-order valence-electron chi connectivity index (χ4n) is 7.39. The number of esters is 1. The molecule has 3 aliphatic rings. The summed E-state index contributed by atoms with van der Waals surface area (Å²) in [5.74, 6) is -0.258. The van der Waals surface area contributed by atoms with Crippen LogP contribution in [-0.2, 0) is 27.9 Å². The van der Waals surface area contributed by atoms with Gasteiger partial charge in [-0.25, -0.2) is 18.0 Å². The van der Waals surface area contributed by atoms with E-state index in [1.165, 1.54) is 31.2 Å². The molecule has 6 rings (SSSR count). The first-order valence-electron chi connectivity index (χ1n) is 17.8. The van der Waals surface area contributed by atoms with E-state index in [0.29, 0.717) is 61.8 Å². The van der Waals surface area contributed by atoms with Gasteiger partial charge in [0.15, 0.2) is 17.7 Å². The average Bonchev–Trinajstić information content (AvgIpc) is 3.40. The number of nitrogens with one attached hydrogen (secondary N) is 1.